The first-order valence-corrected chi connectivity index (χ1v) is 13.8. The lowest BCUT2D eigenvalue weighted by Crippen LogP contribution is -2.39. The Hall–Kier alpha value is -3.78. The number of benzene rings is 1. The van der Waals surface area contributed by atoms with Gasteiger partial charge in [0, 0.05) is 24.5 Å². The van der Waals surface area contributed by atoms with E-state index in [1.54, 1.807) is 23.4 Å². The number of aromatic nitrogens is 4. The SMILES string of the molecule is COCCOc1nc(N)c2[nH]c(=O)n(C(c3ccccc3)C(CCC(N)=O)C[C@@H]3SC[C@@H]4NC(=O)N[C@@H]43)c2n1. The Morgan fingerprint density at radius 3 is 2.74 bits per heavy atom. The highest BCUT2D eigenvalue weighted by molar-refractivity contribution is 8.00. The number of fused-ring (bicyclic) bond motifs is 2. The fourth-order valence-electron chi connectivity index (χ4n) is 5.45. The van der Waals surface area contributed by atoms with Crippen LogP contribution < -0.4 is 32.5 Å². The number of nitrogen functional groups attached to an aromatic ring is 1. The van der Waals surface area contributed by atoms with Crippen molar-refractivity contribution in [2.45, 2.75) is 42.6 Å². The highest BCUT2D eigenvalue weighted by atomic mass is 32.2. The summed E-state index contributed by atoms with van der Waals surface area (Å²) in [6, 6.07) is 8.91. The molecule has 3 aromatic rings. The summed E-state index contributed by atoms with van der Waals surface area (Å²) in [6.45, 7) is 0.538. The molecule has 2 fully saturated rings. The van der Waals surface area contributed by atoms with Crippen molar-refractivity contribution < 1.29 is 19.1 Å². The van der Waals surface area contributed by atoms with Gasteiger partial charge in [-0.05, 0) is 24.3 Å². The number of amides is 3. The molecule has 2 aliphatic rings. The van der Waals surface area contributed by atoms with Crippen LogP contribution in [0.1, 0.15) is 30.9 Å². The van der Waals surface area contributed by atoms with E-state index in [1.165, 1.54) is 0 Å². The van der Waals surface area contributed by atoms with Crippen molar-refractivity contribution in [1.29, 1.82) is 0 Å². The number of nitrogens with two attached hydrogens (primary N) is 2. The number of hydrogen-bond donors (Lipinski definition) is 5. The number of nitrogens with one attached hydrogen (secondary N) is 3. The molecule has 0 spiro atoms. The fraction of sp³-hybridized carbons (Fsp3) is 0.480. The van der Waals surface area contributed by atoms with E-state index in [0.717, 1.165) is 11.3 Å². The lowest BCUT2D eigenvalue weighted by Gasteiger charge is -2.31. The van der Waals surface area contributed by atoms with Crippen molar-refractivity contribution >= 4 is 40.7 Å². The highest BCUT2D eigenvalue weighted by Crippen LogP contribution is 2.41. The lowest BCUT2D eigenvalue weighted by atomic mass is 9.83. The van der Waals surface area contributed by atoms with Crippen LogP contribution in [0.4, 0.5) is 10.6 Å². The summed E-state index contributed by atoms with van der Waals surface area (Å²) in [5.74, 6) is 0.231. The Balaban J connectivity index is 1.59. The predicted molar refractivity (Wildman–Crippen MR) is 147 cm³/mol. The smallest absolute Gasteiger partial charge is 0.328 e. The Kier molecular flexibility index (Phi) is 7.93. The second-order valence-electron chi connectivity index (χ2n) is 9.71. The van der Waals surface area contributed by atoms with Gasteiger partial charge < -0.3 is 36.6 Å². The quantitative estimate of drug-likeness (QED) is 0.158. The molecule has 39 heavy (non-hydrogen) atoms. The van der Waals surface area contributed by atoms with Crippen LogP contribution >= 0.6 is 11.8 Å². The van der Waals surface area contributed by atoms with Gasteiger partial charge in [-0.2, -0.15) is 21.7 Å². The van der Waals surface area contributed by atoms with E-state index in [2.05, 4.69) is 25.6 Å². The Morgan fingerprint density at radius 1 is 1.21 bits per heavy atom. The number of hydrogen-bond acceptors (Lipinski definition) is 9. The minimum absolute atomic E-state index is 0.0271. The standard InChI is InChI=1S/C25H32N8O5S/c1-37-9-10-38-24-31-21(27)19-22(32-24)33(25(36)30-19)20(13-5-3-2-4-6-13)14(7-8-17(26)34)11-16-18-15(12-39-16)28-23(35)29-18/h2-6,14-16,18,20H,7-12H2,1H3,(H2,26,34)(H,30,36)(H2,27,31,32)(H2,28,29,35)/t14?,15-,16-,18-,20?/m0/s1. The topological polar surface area (TPSA) is 192 Å². The summed E-state index contributed by atoms with van der Waals surface area (Å²) in [5, 5.41) is 6.07. The number of primary amides is 1. The molecule has 5 rings (SSSR count). The maximum atomic E-state index is 13.5. The van der Waals surface area contributed by atoms with E-state index in [9.17, 15) is 14.4 Å². The van der Waals surface area contributed by atoms with Crippen molar-refractivity contribution in [2.24, 2.45) is 11.7 Å². The van der Waals surface area contributed by atoms with Crippen molar-refractivity contribution in [2.75, 3.05) is 31.8 Å². The van der Waals surface area contributed by atoms with Crippen LogP contribution in [0.15, 0.2) is 35.1 Å². The number of thioether (sulfide) groups is 1. The van der Waals surface area contributed by atoms with Crippen molar-refractivity contribution in [3.8, 4) is 6.01 Å². The highest BCUT2D eigenvalue weighted by Gasteiger charge is 2.45. The second kappa shape index (κ2) is 11.5. The summed E-state index contributed by atoms with van der Waals surface area (Å²) in [7, 11) is 1.56. The molecule has 7 N–H and O–H groups in total. The first-order valence-electron chi connectivity index (χ1n) is 12.8. The number of imidazole rings is 1. The van der Waals surface area contributed by atoms with Crippen molar-refractivity contribution in [3.05, 3.63) is 46.4 Å². The van der Waals surface area contributed by atoms with Gasteiger partial charge in [-0.3, -0.25) is 9.36 Å². The predicted octanol–water partition coefficient (Wildman–Crippen LogP) is 0.754. The number of aromatic amines is 1. The zero-order valence-electron chi connectivity index (χ0n) is 21.5. The van der Waals surface area contributed by atoms with Gasteiger partial charge in [-0.25, -0.2) is 9.59 Å². The van der Waals surface area contributed by atoms with Crippen LogP contribution in [0, 0.1) is 5.92 Å². The minimum Gasteiger partial charge on any atom is -0.461 e. The molecular weight excluding hydrogens is 524 g/mol. The molecule has 0 aliphatic carbocycles. The van der Waals surface area contributed by atoms with E-state index in [4.69, 9.17) is 20.9 Å². The summed E-state index contributed by atoms with van der Waals surface area (Å²) >= 11 is 1.77. The summed E-state index contributed by atoms with van der Waals surface area (Å²) < 4.78 is 12.2. The molecule has 0 radical (unpaired) electrons. The molecular formula is C25H32N8O5S. The third-order valence-electron chi connectivity index (χ3n) is 7.20. The molecule has 5 atom stereocenters. The third kappa shape index (κ3) is 5.66. The Morgan fingerprint density at radius 2 is 2.00 bits per heavy atom. The zero-order chi connectivity index (χ0) is 27.5. The number of rotatable bonds is 12. The fourth-order valence-corrected chi connectivity index (χ4v) is 7.04. The number of carbonyl (C=O) groups excluding carboxylic acids is 2. The average Bonchev–Trinajstić information content (AvgIpc) is 3.56. The van der Waals surface area contributed by atoms with Crippen molar-refractivity contribution in [1.82, 2.24) is 30.2 Å². The molecule has 208 valence electrons. The molecule has 2 aromatic heterocycles. The molecule has 3 amide bonds. The first kappa shape index (κ1) is 26.8. The number of ether oxygens (including phenoxy) is 2. The van der Waals surface area contributed by atoms with Gasteiger partial charge in [0.15, 0.2) is 11.5 Å². The maximum absolute atomic E-state index is 13.5. The molecule has 0 bridgehead atoms. The van der Waals surface area contributed by atoms with Crippen molar-refractivity contribution in [3.63, 3.8) is 0 Å². The Labute approximate surface area is 228 Å². The van der Waals surface area contributed by atoms with Gasteiger partial charge in [-0.15, -0.1) is 0 Å². The monoisotopic (exact) mass is 556 g/mol. The number of anilines is 1. The molecule has 14 heteroatoms. The minimum atomic E-state index is -0.516. The van der Waals surface area contributed by atoms with E-state index in [-0.39, 0.29) is 54.1 Å². The number of methoxy groups -OCH3 is 1. The molecule has 4 heterocycles. The lowest BCUT2D eigenvalue weighted by molar-refractivity contribution is -0.118. The van der Waals surface area contributed by atoms with Gasteiger partial charge in [-0.1, -0.05) is 30.3 Å². The van der Waals surface area contributed by atoms with Crippen LogP contribution in [0.3, 0.4) is 0 Å². The van der Waals surface area contributed by atoms with Crippen LogP contribution in [-0.2, 0) is 9.53 Å². The van der Waals surface area contributed by atoms with Crippen LogP contribution in [-0.4, -0.2) is 74.9 Å². The maximum Gasteiger partial charge on any atom is 0.328 e. The second-order valence-corrected chi connectivity index (χ2v) is 11.0. The van der Waals surface area contributed by atoms with Gasteiger partial charge in [0.1, 0.15) is 12.1 Å². The largest absolute Gasteiger partial charge is 0.461 e. The number of carbonyl (C=O) groups is 2. The van der Waals surface area contributed by atoms with E-state index >= 15 is 0 Å². The zero-order valence-corrected chi connectivity index (χ0v) is 22.3. The number of nitrogens with zero attached hydrogens (tertiary/aromatic N) is 3. The normalized spacial score (nSPS) is 21.8. The van der Waals surface area contributed by atoms with E-state index < -0.39 is 17.6 Å². The summed E-state index contributed by atoms with van der Waals surface area (Å²) in [4.78, 5) is 49.0. The van der Waals surface area contributed by atoms with Gasteiger partial charge in [0.2, 0.25) is 5.91 Å². The molecule has 2 unspecified atom stereocenters. The summed E-state index contributed by atoms with van der Waals surface area (Å²) in [5.41, 5.74) is 12.8. The number of H-pyrrole nitrogens is 1. The van der Waals surface area contributed by atoms with Gasteiger partial charge in [0.25, 0.3) is 0 Å². The molecule has 1 aromatic carbocycles. The van der Waals surface area contributed by atoms with Gasteiger partial charge >= 0.3 is 17.7 Å². The molecule has 0 saturated carbocycles. The third-order valence-corrected chi connectivity index (χ3v) is 8.66. The van der Waals surface area contributed by atoms with Crippen LogP contribution in [0.25, 0.3) is 11.2 Å². The molecule has 2 saturated heterocycles. The molecule has 2 aliphatic heterocycles. The first-order chi connectivity index (χ1) is 18.9. The van der Waals surface area contributed by atoms with Crippen LogP contribution in [0.5, 0.6) is 6.01 Å². The van der Waals surface area contributed by atoms with E-state index in [1.807, 2.05) is 30.3 Å². The molecule has 13 nitrogen and oxygen atoms in total. The van der Waals surface area contributed by atoms with Crippen LogP contribution in [0.2, 0.25) is 0 Å². The number of urea groups is 1. The Bertz CT molecular complexity index is 1400. The van der Waals surface area contributed by atoms with E-state index in [0.29, 0.717) is 30.6 Å². The average molecular weight is 557 g/mol. The van der Waals surface area contributed by atoms with Gasteiger partial charge in [0.05, 0.1) is 24.7 Å². The summed E-state index contributed by atoms with van der Waals surface area (Å²) in [6.07, 6.45) is 1.20.